The number of benzene rings is 1. The summed E-state index contributed by atoms with van der Waals surface area (Å²) in [5.41, 5.74) is 1.58. The van der Waals surface area contributed by atoms with E-state index in [4.69, 9.17) is 18.6 Å². The molecule has 26 heavy (non-hydrogen) atoms. The number of esters is 1. The Hall–Kier alpha value is -2.87. The second-order valence-electron chi connectivity index (χ2n) is 5.72. The number of ether oxygens (including phenoxy) is 3. The summed E-state index contributed by atoms with van der Waals surface area (Å²) in [6.45, 7) is 4.23. The molecule has 4 rings (SSSR count). The molecule has 134 valence electrons. The summed E-state index contributed by atoms with van der Waals surface area (Å²) in [5.74, 6) is 1.33. The topological polar surface area (TPSA) is 83.7 Å². The molecule has 0 bridgehead atoms. The first-order valence-corrected chi connectivity index (χ1v) is 8.94. The Bertz CT molecular complexity index is 962. The van der Waals surface area contributed by atoms with E-state index in [0.29, 0.717) is 23.0 Å². The molecule has 1 aliphatic rings. The van der Waals surface area contributed by atoms with Gasteiger partial charge in [0.1, 0.15) is 0 Å². The average molecular weight is 372 g/mol. The van der Waals surface area contributed by atoms with Crippen molar-refractivity contribution in [2.24, 2.45) is 0 Å². The van der Waals surface area contributed by atoms with Crippen molar-refractivity contribution in [1.29, 1.82) is 0 Å². The third kappa shape index (κ3) is 3.15. The van der Waals surface area contributed by atoms with E-state index in [1.54, 1.807) is 29.5 Å². The lowest BCUT2D eigenvalue weighted by molar-refractivity contribution is 0.0438. The van der Waals surface area contributed by atoms with Crippen LogP contribution in [0.1, 0.15) is 33.6 Å². The monoisotopic (exact) mass is 372 g/mol. The van der Waals surface area contributed by atoms with Crippen molar-refractivity contribution in [3.63, 3.8) is 0 Å². The predicted octanol–water partition coefficient (Wildman–Crippen LogP) is 3.75. The standard InChI is InChI=1S/C18H16N2O5S/c1-3-14-10(2)6-15(26-14)17-20-19-16(25-17)8-22-18(21)11-4-5-12-13(7-11)24-9-23-12/h4-7H,3,8-9H2,1-2H3. The second-order valence-corrected chi connectivity index (χ2v) is 6.85. The Labute approximate surface area is 153 Å². The van der Waals surface area contributed by atoms with Gasteiger partial charge in [-0.05, 0) is 43.2 Å². The fraction of sp³-hybridized carbons (Fsp3) is 0.278. The van der Waals surface area contributed by atoms with Crippen LogP contribution >= 0.6 is 11.3 Å². The molecule has 0 radical (unpaired) electrons. The number of rotatable bonds is 5. The molecule has 0 N–H and O–H groups in total. The lowest BCUT2D eigenvalue weighted by Crippen LogP contribution is -2.05. The van der Waals surface area contributed by atoms with Crippen molar-refractivity contribution >= 4 is 17.3 Å². The van der Waals surface area contributed by atoms with Crippen LogP contribution in [-0.4, -0.2) is 23.0 Å². The summed E-state index contributed by atoms with van der Waals surface area (Å²) in [5, 5.41) is 7.99. The van der Waals surface area contributed by atoms with Crippen LogP contribution in [0.25, 0.3) is 10.8 Å². The highest BCUT2D eigenvalue weighted by Gasteiger charge is 2.18. The molecule has 7 nitrogen and oxygen atoms in total. The van der Waals surface area contributed by atoms with Gasteiger partial charge in [0.25, 0.3) is 11.8 Å². The molecule has 3 aromatic rings. The fourth-order valence-electron chi connectivity index (χ4n) is 2.62. The van der Waals surface area contributed by atoms with Crippen molar-refractivity contribution in [1.82, 2.24) is 10.2 Å². The SMILES string of the molecule is CCc1sc(-c2nnc(COC(=O)c3ccc4c(c3)OCO4)o2)cc1C. The van der Waals surface area contributed by atoms with Crippen molar-refractivity contribution in [2.45, 2.75) is 26.9 Å². The van der Waals surface area contributed by atoms with Gasteiger partial charge >= 0.3 is 5.97 Å². The number of fused-ring (bicyclic) bond motifs is 1. The van der Waals surface area contributed by atoms with E-state index in [0.717, 1.165) is 11.3 Å². The maximum atomic E-state index is 12.2. The molecule has 0 spiro atoms. The maximum absolute atomic E-state index is 12.2. The number of aromatic nitrogens is 2. The first-order chi connectivity index (χ1) is 12.6. The first-order valence-electron chi connectivity index (χ1n) is 8.13. The molecule has 0 unspecified atom stereocenters. The number of hydrogen-bond acceptors (Lipinski definition) is 8. The van der Waals surface area contributed by atoms with Gasteiger partial charge in [0.15, 0.2) is 18.1 Å². The van der Waals surface area contributed by atoms with Crippen LogP contribution in [-0.2, 0) is 17.8 Å². The average Bonchev–Trinajstić information content (AvgIpc) is 3.37. The number of hydrogen-bond donors (Lipinski definition) is 0. The largest absolute Gasteiger partial charge is 0.454 e. The van der Waals surface area contributed by atoms with E-state index in [9.17, 15) is 4.79 Å². The summed E-state index contributed by atoms with van der Waals surface area (Å²) in [6.07, 6.45) is 0.963. The van der Waals surface area contributed by atoms with E-state index in [1.165, 1.54) is 10.4 Å². The fourth-order valence-corrected chi connectivity index (χ4v) is 3.66. The molecule has 8 heteroatoms. The molecule has 0 amide bonds. The summed E-state index contributed by atoms with van der Waals surface area (Å²) in [7, 11) is 0. The van der Waals surface area contributed by atoms with Crippen LogP contribution in [0.5, 0.6) is 11.5 Å². The molecule has 1 aromatic carbocycles. The normalized spacial score (nSPS) is 12.4. The minimum Gasteiger partial charge on any atom is -0.454 e. The third-order valence-corrected chi connectivity index (χ3v) is 5.32. The van der Waals surface area contributed by atoms with E-state index in [-0.39, 0.29) is 19.3 Å². The van der Waals surface area contributed by atoms with Gasteiger partial charge in [-0.15, -0.1) is 21.5 Å². The number of carbonyl (C=O) groups is 1. The molecular weight excluding hydrogens is 356 g/mol. The van der Waals surface area contributed by atoms with Gasteiger partial charge in [-0.2, -0.15) is 0 Å². The number of aryl methyl sites for hydroxylation is 2. The minimum absolute atomic E-state index is 0.0920. The summed E-state index contributed by atoms with van der Waals surface area (Å²) >= 11 is 1.63. The second kappa shape index (κ2) is 6.80. The Morgan fingerprint density at radius 3 is 2.88 bits per heavy atom. The van der Waals surface area contributed by atoms with Crippen LogP contribution < -0.4 is 9.47 Å². The molecule has 0 fully saturated rings. The van der Waals surface area contributed by atoms with Crippen LogP contribution in [0.3, 0.4) is 0 Å². The molecular formula is C18H16N2O5S. The molecule has 3 heterocycles. The summed E-state index contributed by atoms with van der Waals surface area (Å²) in [4.78, 5) is 14.4. The van der Waals surface area contributed by atoms with E-state index < -0.39 is 5.97 Å². The van der Waals surface area contributed by atoms with E-state index >= 15 is 0 Å². The highest BCUT2D eigenvalue weighted by Crippen LogP contribution is 2.33. The highest BCUT2D eigenvalue weighted by molar-refractivity contribution is 7.15. The zero-order valence-electron chi connectivity index (χ0n) is 14.3. The summed E-state index contributed by atoms with van der Waals surface area (Å²) in [6, 6.07) is 6.91. The first kappa shape index (κ1) is 16.6. The zero-order valence-corrected chi connectivity index (χ0v) is 15.1. The maximum Gasteiger partial charge on any atom is 0.338 e. The van der Waals surface area contributed by atoms with Crippen LogP contribution in [0.15, 0.2) is 28.7 Å². The van der Waals surface area contributed by atoms with Crippen molar-refractivity contribution in [3.05, 3.63) is 46.2 Å². The molecule has 2 aromatic heterocycles. The Morgan fingerprint density at radius 2 is 2.08 bits per heavy atom. The van der Waals surface area contributed by atoms with Crippen LogP contribution in [0.4, 0.5) is 0 Å². The molecule has 0 saturated carbocycles. The van der Waals surface area contributed by atoms with Gasteiger partial charge in [0.2, 0.25) is 6.79 Å². The third-order valence-electron chi connectivity index (χ3n) is 3.95. The number of carbonyl (C=O) groups excluding carboxylic acids is 1. The van der Waals surface area contributed by atoms with Crippen molar-refractivity contribution in [3.8, 4) is 22.3 Å². The van der Waals surface area contributed by atoms with Crippen molar-refractivity contribution in [2.75, 3.05) is 6.79 Å². The minimum atomic E-state index is -0.497. The van der Waals surface area contributed by atoms with E-state index in [1.807, 2.05) is 6.07 Å². The Morgan fingerprint density at radius 1 is 1.23 bits per heavy atom. The van der Waals surface area contributed by atoms with Crippen LogP contribution in [0, 0.1) is 6.92 Å². The lowest BCUT2D eigenvalue weighted by atomic mass is 10.2. The quantitative estimate of drug-likeness (QED) is 0.631. The highest BCUT2D eigenvalue weighted by atomic mass is 32.1. The molecule has 0 saturated heterocycles. The summed E-state index contributed by atoms with van der Waals surface area (Å²) < 4.78 is 21.3. The van der Waals surface area contributed by atoms with Gasteiger partial charge in [-0.1, -0.05) is 6.92 Å². The van der Waals surface area contributed by atoms with Crippen LogP contribution in [0.2, 0.25) is 0 Å². The molecule has 1 aliphatic heterocycles. The Kier molecular flexibility index (Phi) is 4.34. The smallest absolute Gasteiger partial charge is 0.338 e. The van der Waals surface area contributed by atoms with Crippen molar-refractivity contribution < 1.29 is 23.4 Å². The number of nitrogens with zero attached hydrogens (tertiary/aromatic N) is 2. The molecule has 0 aliphatic carbocycles. The van der Waals surface area contributed by atoms with Gasteiger partial charge in [0, 0.05) is 4.88 Å². The van der Waals surface area contributed by atoms with Gasteiger partial charge < -0.3 is 18.6 Å². The Balaban J connectivity index is 1.42. The zero-order chi connectivity index (χ0) is 18.1. The van der Waals surface area contributed by atoms with Gasteiger partial charge in [-0.3, -0.25) is 0 Å². The number of thiophene rings is 1. The lowest BCUT2D eigenvalue weighted by Gasteiger charge is -2.03. The van der Waals surface area contributed by atoms with Gasteiger partial charge in [-0.25, -0.2) is 4.79 Å². The van der Waals surface area contributed by atoms with Gasteiger partial charge in [0.05, 0.1) is 10.4 Å². The predicted molar refractivity (Wildman–Crippen MR) is 93.4 cm³/mol. The van der Waals surface area contributed by atoms with E-state index in [2.05, 4.69) is 24.0 Å². The molecule has 0 atom stereocenters.